The first-order valence-corrected chi connectivity index (χ1v) is 5.76. The average Bonchev–Trinajstić information content (AvgIpc) is 2.43. The number of rotatable bonds is 3. The summed E-state index contributed by atoms with van der Waals surface area (Å²) in [5.74, 6) is 0. The quantitative estimate of drug-likeness (QED) is 0.630. The highest BCUT2D eigenvalue weighted by molar-refractivity contribution is 7.35. The monoisotopic (exact) mass is 181 g/mol. The fraction of sp³-hybridized carbons (Fsp3) is 0.400. The van der Waals surface area contributed by atoms with Crippen molar-refractivity contribution in [3.05, 3.63) is 29.6 Å². The van der Waals surface area contributed by atoms with Crippen molar-refractivity contribution in [2.45, 2.75) is 20.3 Å². The molecule has 1 nitrogen and oxygen atoms in total. The van der Waals surface area contributed by atoms with Gasteiger partial charge in [-0.1, -0.05) is 13.0 Å². The van der Waals surface area contributed by atoms with Crippen LogP contribution in [0.4, 0.5) is 0 Å². The molecule has 66 valence electrons. The lowest BCUT2D eigenvalue weighted by atomic mass is 10.2. The Kier molecular flexibility index (Phi) is 3.55. The van der Waals surface area contributed by atoms with E-state index in [1.54, 1.807) is 0 Å². The summed E-state index contributed by atoms with van der Waals surface area (Å²) >= 11 is 0. The number of aromatic nitrogens is 1. The van der Waals surface area contributed by atoms with Crippen molar-refractivity contribution in [1.82, 2.24) is 4.34 Å². The Labute approximate surface area is 76.3 Å². The standard InChI is InChI=1S/C10H16NP/c1-4-5-6-10-9(2)7-8-11(10)12-3/h5-8,12H,4H2,1-3H3/b6-5-. The van der Waals surface area contributed by atoms with E-state index in [4.69, 9.17) is 0 Å². The van der Waals surface area contributed by atoms with Crippen LogP contribution in [0.25, 0.3) is 6.08 Å². The van der Waals surface area contributed by atoms with E-state index >= 15 is 0 Å². The van der Waals surface area contributed by atoms with Gasteiger partial charge in [0.15, 0.2) is 0 Å². The van der Waals surface area contributed by atoms with Gasteiger partial charge in [0.2, 0.25) is 0 Å². The molecule has 0 aliphatic heterocycles. The minimum absolute atomic E-state index is 0.826. The van der Waals surface area contributed by atoms with Crippen molar-refractivity contribution in [3.63, 3.8) is 0 Å². The molecule has 1 heterocycles. The third kappa shape index (κ3) is 1.98. The minimum atomic E-state index is 0.826. The topological polar surface area (TPSA) is 4.93 Å². The van der Waals surface area contributed by atoms with Crippen LogP contribution in [0.5, 0.6) is 0 Å². The predicted octanol–water partition coefficient (Wildman–Crippen LogP) is 3.29. The Morgan fingerprint density at radius 2 is 2.33 bits per heavy atom. The average molecular weight is 181 g/mol. The molecule has 0 aliphatic rings. The molecule has 0 N–H and O–H groups in total. The molecule has 0 fully saturated rings. The molecule has 0 saturated heterocycles. The van der Waals surface area contributed by atoms with E-state index in [9.17, 15) is 0 Å². The fourth-order valence-electron chi connectivity index (χ4n) is 1.18. The molecule has 1 unspecified atom stereocenters. The SMILES string of the molecule is CC/C=C\c1c(C)ccn1PC. The highest BCUT2D eigenvalue weighted by Crippen LogP contribution is 2.20. The Hall–Kier alpha value is -0.550. The van der Waals surface area contributed by atoms with Crippen LogP contribution in [0.15, 0.2) is 18.3 Å². The maximum absolute atomic E-state index is 2.29. The molecule has 1 rings (SSSR count). The molecule has 1 aromatic rings. The van der Waals surface area contributed by atoms with Gasteiger partial charge in [0, 0.05) is 11.9 Å². The summed E-state index contributed by atoms with van der Waals surface area (Å²) in [7, 11) is 0.826. The summed E-state index contributed by atoms with van der Waals surface area (Å²) in [6.45, 7) is 6.52. The second kappa shape index (κ2) is 4.47. The number of hydrogen-bond acceptors (Lipinski definition) is 0. The Bertz CT molecular complexity index is 273. The van der Waals surface area contributed by atoms with Crippen LogP contribution in [0.1, 0.15) is 24.6 Å². The molecular formula is C10H16NP. The summed E-state index contributed by atoms with van der Waals surface area (Å²) in [5.41, 5.74) is 2.73. The zero-order valence-corrected chi connectivity index (χ0v) is 8.96. The Balaban J connectivity index is 2.94. The third-order valence-electron chi connectivity index (χ3n) is 1.89. The van der Waals surface area contributed by atoms with Crippen molar-refractivity contribution >= 4 is 14.8 Å². The highest BCUT2D eigenvalue weighted by atomic mass is 31.1. The number of allylic oxidation sites excluding steroid dienone is 1. The van der Waals surface area contributed by atoms with E-state index in [1.807, 2.05) is 0 Å². The van der Waals surface area contributed by atoms with Gasteiger partial charge >= 0.3 is 0 Å². The van der Waals surface area contributed by atoms with Crippen molar-refractivity contribution in [2.24, 2.45) is 0 Å². The summed E-state index contributed by atoms with van der Waals surface area (Å²) in [4.78, 5) is 0. The van der Waals surface area contributed by atoms with Gasteiger partial charge in [0.05, 0.1) is 0 Å². The second-order valence-corrected chi connectivity index (χ2v) is 3.72. The van der Waals surface area contributed by atoms with E-state index in [1.165, 1.54) is 11.3 Å². The van der Waals surface area contributed by atoms with Gasteiger partial charge in [-0.25, -0.2) is 0 Å². The van der Waals surface area contributed by atoms with Gasteiger partial charge in [0.25, 0.3) is 0 Å². The first kappa shape index (κ1) is 9.54. The molecular weight excluding hydrogens is 165 g/mol. The van der Waals surface area contributed by atoms with Gasteiger partial charge in [-0.05, 0) is 46.4 Å². The fourth-order valence-corrected chi connectivity index (χ4v) is 1.89. The van der Waals surface area contributed by atoms with Crippen molar-refractivity contribution in [3.8, 4) is 0 Å². The maximum atomic E-state index is 2.29. The molecule has 0 spiro atoms. The van der Waals surface area contributed by atoms with Crippen LogP contribution in [0, 0.1) is 6.92 Å². The first-order valence-electron chi connectivity index (χ1n) is 4.31. The van der Waals surface area contributed by atoms with Gasteiger partial charge in [-0.3, -0.25) is 0 Å². The summed E-state index contributed by atoms with van der Waals surface area (Å²) in [6, 6.07) is 2.17. The number of hydrogen-bond donors (Lipinski definition) is 0. The molecule has 2 heteroatoms. The van der Waals surface area contributed by atoms with E-state index in [-0.39, 0.29) is 0 Å². The van der Waals surface area contributed by atoms with Crippen LogP contribution in [-0.4, -0.2) is 11.0 Å². The normalized spacial score (nSPS) is 12.2. The van der Waals surface area contributed by atoms with E-state index in [0.29, 0.717) is 0 Å². The molecule has 1 atom stereocenters. The first-order chi connectivity index (χ1) is 5.79. The Morgan fingerprint density at radius 1 is 1.58 bits per heavy atom. The zero-order chi connectivity index (χ0) is 8.97. The molecule has 0 saturated carbocycles. The molecule has 0 aliphatic carbocycles. The highest BCUT2D eigenvalue weighted by Gasteiger charge is 1.98. The Morgan fingerprint density at radius 3 is 2.92 bits per heavy atom. The molecule has 1 aromatic heterocycles. The largest absolute Gasteiger partial charge is 0.329 e. The van der Waals surface area contributed by atoms with Gasteiger partial charge in [0.1, 0.15) is 0 Å². The summed E-state index contributed by atoms with van der Waals surface area (Å²) in [5, 5.41) is 0. The summed E-state index contributed by atoms with van der Waals surface area (Å²) < 4.78 is 2.29. The maximum Gasteiger partial charge on any atom is 0.0465 e. The van der Waals surface area contributed by atoms with E-state index < -0.39 is 0 Å². The number of aryl methyl sites for hydroxylation is 1. The molecule has 0 aromatic carbocycles. The number of nitrogens with zero attached hydrogens (tertiary/aromatic N) is 1. The molecule has 12 heavy (non-hydrogen) atoms. The van der Waals surface area contributed by atoms with E-state index in [2.05, 4.69) is 49.3 Å². The van der Waals surface area contributed by atoms with Gasteiger partial charge < -0.3 is 4.34 Å². The van der Waals surface area contributed by atoms with Crippen LogP contribution in [-0.2, 0) is 0 Å². The van der Waals surface area contributed by atoms with Crippen LogP contribution in [0.3, 0.4) is 0 Å². The lowest BCUT2D eigenvalue weighted by Crippen LogP contribution is -1.84. The lowest BCUT2D eigenvalue weighted by Gasteiger charge is -2.01. The molecule has 0 bridgehead atoms. The van der Waals surface area contributed by atoms with Crippen LogP contribution >= 0.6 is 8.73 Å². The minimum Gasteiger partial charge on any atom is -0.329 e. The second-order valence-electron chi connectivity index (χ2n) is 2.79. The summed E-state index contributed by atoms with van der Waals surface area (Å²) in [6.07, 6.45) is 7.69. The smallest absolute Gasteiger partial charge is 0.0465 e. The zero-order valence-electron chi connectivity index (χ0n) is 7.96. The van der Waals surface area contributed by atoms with Crippen LogP contribution in [0.2, 0.25) is 0 Å². The van der Waals surface area contributed by atoms with Crippen LogP contribution < -0.4 is 0 Å². The predicted molar refractivity (Wildman–Crippen MR) is 58.1 cm³/mol. The molecule has 0 amide bonds. The van der Waals surface area contributed by atoms with Gasteiger partial charge in [-0.15, -0.1) is 0 Å². The van der Waals surface area contributed by atoms with Crippen molar-refractivity contribution in [1.29, 1.82) is 0 Å². The lowest BCUT2D eigenvalue weighted by molar-refractivity contribution is 1.20. The third-order valence-corrected chi connectivity index (χ3v) is 2.76. The van der Waals surface area contributed by atoms with Crippen molar-refractivity contribution < 1.29 is 0 Å². The van der Waals surface area contributed by atoms with Gasteiger partial charge in [-0.2, -0.15) is 0 Å². The molecule has 0 radical (unpaired) electrons. The van der Waals surface area contributed by atoms with Crippen molar-refractivity contribution in [2.75, 3.05) is 6.66 Å². The van der Waals surface area contributed by atoms with E-state index in [0.717, 1.165) is 15.2 Å².